The smallest absolute Gasteiger partial charge is 0.252 e. The minimum Gasteiger partial charge on any atom is -0.340 e. The number of benzene rings is 2. The maximum Gasteiger partial charge on any atom is 0.252 e. The van der Waals surface area contributed by atoms with E-state index in [4.69, 9.17) is 0 Å². The van der Waals surface area contributed by atoms with Crippen LogP contribution < -0.4 is 15.4 Å². The zero-order chi connectivity index (χ0) is 26.5. The van der Waals surface area contributed by atoms with Crippen molar-refractivity contribution >= 4 is 27.5 Å². The molecule has 0 spiro atoms. The average molecular weight is 522 g/mol. The van der Waals surface area contributed by atoms with Crippen molar-refractivity contribution < 1.29 is 26.8 Å². The van der Waals surface area contributed by atoms with E-state index in [1.165, 1.54) is 24.3 Å². The van der Waals surface area contributed by atoms with Gasteiger partial charge in [-0.2, -0.15) is 0 Å². The first-order valence-corrected chi connectivity index (χ1v) is 13.5. The quantitative estimate of drug-likeness (QED) is 0.466. The molecule has 2 amide bonds. The van der Waals surface area contributed by atoms with Gasteiger partial charge >= 0.3 is 0 Å². The summed E-state index contributed by atoms with van der Waals surface area (Å²) in [7, 11) is -3.73. The van der Waals surface area contributed by atoms with E-state index in [1.54, 1.807) is 20.8 Å². The lowest BCUT2D eigenvalue weighted by molar-refractivity contribution is -0.118. The number of amides is 2. The van der Waals surface area contributed by atoms with Gasteiger partial charge in [-0.15, -0.1) is 0 Å². The summed E-state index contributed by atoms with van der Waals surface area (Å²) >= 11 is 0. The van der Waals surface area contributed by atoms with Crippen molar-refractivity contribution in [1.29, 1.82) is 0 Å². The van der Waals surface area contributed by atoms with E-state index in [0.717, 1.165) is 50.3 Å². The van der Waals surface area contributed by atoms with Gasteiger partial charge in [-0.25, -0.2) is 21.9 Å². The summed E-state index contributed by atoms with van der Waals surface area (Å²) in [6.45, 7) is 5.21. The first-order chi connectivity index (χ1) is 16.8. The molecule has 0 radical (unpaired) electrons. The average Bonchev–Trinajstić information content (AvgIpc) is 2.80. The van der Waals surface area contributed by atoms with Crippen LogP contribution in [0.25, 0.3) is 0 Å². The van der Waals surface area contributed by atoms with Crippen molar-refractivity contribution in [2.24, 2.45) is 5.92 Å². The van der Waals surface area contributed by atoms with Crippen molar-refractivity contribution in [3.8, 4) is 0 Å². The number of hydrogen-bond donors (Lipinski definition) is 3. The molecule has 1 saturated carbocycles. The summed E-state index contributed by atoms with van der Waals surface area (Å²) in [4.78, 5) is 25.9. The van der Waals surface area contributed by atoms with Crippen LogP contribution >= 0.6 is 0 Å². The SMILES string of the molecule is CC(C)(C)NS(=O)(=O)c1ccc(NC(=O)C(CC2CCCCC2)NC(=O)c2ccc(F)c(F)c2)cc1. The maximum absolute atomic E-state index is 13.6. The maximum atomic E-state index is 13.6. The minimum atomic E-state index is -3.73. The molecule has 3 N–H and O–H groups in total. The van der Waals surface area contributed by atoms with E-state index in [-0.39, 0.29) is 16.4 Å². The second-order valence-electron chi connectivity index (χ2n) is 10.3. The third kappa shape index (κ3) is 7.83. The highest BCUT2D eigenvalue weighted by atomic mass is 32.2. The summed E-state index contributed by atoms with van der Waals surface area (Å²) < 4.78 is 54.5. The molecule has 2 aromatic carbocycles. The number of carbonyl (C=O) groups is 2. The van der Waals surface area contributed by atoms with Crippen molar-refractivity contribution in [2.75, 3.05) is 5.32 Å². The molecule has 36 heavy (non-hydrogen) atoms. The largest absolute Gasteiger partial charge is 0.340 e. The van der Waals surface area contributed by atoms with Crippen LogP contribution in [-0.4, -0.2) is 31.8 Å². The van der Waals surface area contributed by atoms with Gasteiger partial charge in [0.15, 0.2) is 11.6 Å². The standard InChI is InChI=1S/C26H33F2N3O4S/c1-26(2,3)31-36(34,35)20-12-10-19(11-13-20)29-25(33)23(15-17-7-5-4-6-8-17)30-24(32)18-9-14-21(27)22(28)16-18/h9-14,16-17,23,31H,4-8,15H2,1-3H3,(H,29,33)(H,30,32). The number of sulfonamides is 1. The Balaban J connectivity index is 1.74. The third-order valence-electron chi connectivity index (χ3n) is 5.97. The summed E-state index contributed by atoms with van der Waals surface area (Å²) in [5.74, 6) is -3.12. The highest BCUT2D eigenvalue weighted by Gasteiger charge is 2.27. The summed E-state index contributed by atoms with van der Waals surface area (Å²) in [5.41, 5.74) is -0.370. The normalized spacial score (nSPS) is 15.8. The number of carbonyl (C=O) groups excluding carboxylic acids is 2. The monoisotopic (exact) mass is 521 g/mol. The Morgan fingerprint density at radius 2 is 1.61 bits per heavy atom. The predicted molar refractivity (Wildman–Crippen MR) is 134 cm³/mol. The molecule has 0 heterocycles. The van der Waals surface area contributed by atoms with Crippen LogP contribution in [0.1, 0.15) is 69.7 Å². The van der Waals surface area contributed by atoms with Gasteiger partial charge in [-0.05, 0) is 75.6 Å². The van der Waals surface area contributed by atoms with E-state index >= 15 is 0 Å². The molecule has 1 fully saturated rings. The predicted octanol–water partition coefficient (Wildman–Crippen LogP) is 4.75. The Bertz CT molecular complexity index is 1190. The zero-order valence-corrected chi connectivity index (χ0v) is 21.6. The Morgan fingerprint density at radius 1 is 0.972 bits per heavy atom. The molecule has 10 heteroatoms. The van der Waals surface area contributed by atoms with Crippen LogP contribution in [0.5, 0.6) is 0 Å². The van der Waals surface area contributed by atoms with Gasteiger partial charge in [-0.3, -0.25) is 9.59 Å². The fourth-order valence-corrected chi connectivity index (χ4v) is 5.69. The summed E-state index contributed by atoms with van der Waals surface area (Å²) in [6.07, 6.45) is 5.52. The van der Waals surface area contributed by atoms with Crippen LogP contribution in [-0.2, 0) is 14.8 Å². The van der Waals surface area contributed by atoms with E-state index < -0.39 is 45.1 Å². The Hall–Kier alpha value is -2.85. The first kappa shape index (κ1) is 27.7. The van der Waals surface area contributed by atoms with Gasteiger partial charge in [0.1, 0.15) is 6.04 Å². The number of rotatable bonds is 8. The fourth-order valence-electron chi connectivity index (χ4n) is 4.28. The summed E-state index contributed by atoms with van der Waals surface area (Å²) in [6, 6.07) is 7.65. The van der Waals surface area contributed by atoms with Crippen molar-refractivity contribution in [1.82, 2.24) is 10.0 Å². The lowest BCUT2D eigenvalue weighted by atomic mass is 9.84. The molecule has 1 atom stereocenters. The van der Waals surface area contributed by atoms with Gasteiger partial charge in [0.05, 0.1) is 4.90 Å². The topological polar surface area (TPSA) is 104 Å². The zero-order valence-electron chi connectivity index (χ0n) is 20.7. The molecular weight excluding hydrogens is 488 g/mol. The molecule has 2 aromatic rings. The lowest BCUT2D eigenvalue weighted by Gasteiger charge is -2.26. The highest BCUT2D eigenvalue weighted by Crippen LogP contribution is 2.28. The molecule has 0 aliphatic heterocycles. The van der Waals surface area contributed by atoms with Gasteiger partial charge in [0.25, 0.3) is 5.91 Å². The lowest BCUT2D eigenvalue weighted by Crippen LogP contribution is -2.45. The molecular formula is C26H33F2N3O4S. The third-order valence-corrected chi connectivity index (χ3v) is 7.74. The van der Waals surface area contributed by atoms with Crippen LogP contribution in [0, 0.1) is 17.6 Å². The molecule has 3 rings (SSSR count). The highest BCUT2D eigenvalue weighted by molar-refractivity contribution is 7.89. The molecule has 0 saturated heterocycles. The van der Waals surface area contributed by atoms with Gasteiger partial charge < -0.3 is 10.6 Å². The van der Waals surface area contributed by atoms with E-state index in [9.17, 15) is 26.8 Å². The molecule has 1 aliphatic carbocycles. The Morgan fingerprint density at radius 3 is 2.19 bits per heavy atom. The van der Waals surface area contributed by atoms with E-state index in [0.29, 0.717) is 12.1 Å². The van der Waals surface area contributed by atoms with Crippen LogP contribution in [0.15, 0.2) is 47.4 Å². The Kier molecular flexibility index (Phi) is 8.84. The van der Waals surface area contributed by atoms with Crippen molar-refractivity contribution in [3.05, 3.63) is 59.7 Å². The van der Waals surface area contributed by atoms with Crippen LogP contribution in [0.4, 0.5) is 14.5 Å². The van der Waals surface area contributed by atoms with E-state index in [2.05, 4.69) is 15.4 Å². The molecule has 0 aromatic heterocycles. The molecule has 1 unspecified atom stereocenters. The van der Waals surface area contributed by atoms with Crippen LogP contribution in [0.2, 0.25) is 0 Å². The first-order valence-electron chi connectivity index (χ1n) is 12.0. The molecule has 196 valence electrons. The molecule has 1 aliphatic rings. The fraction of sp³-hybridized carbons (Fsp3) is 0.462. The van der Waals surface area contributed by atoms with Gasteiger partial charge in [0.2, 0.25) is 15.9 Å². The summed E-state index contributed by atoms with van der Waals surface area (Å²) in [5, 5.41) is 5.40. The minimum absolute atomic E-state index is 0.0563. The molecule has 0 bridgehead atoms. The number of halogens is 2. The molecule has 7 nitrogen and oxygen atoms in total. The van der Waals surface area contributed by atoms with E-state index in [1.807, 2.05) is 0 Å². The van der Waals surface area contributed by atoms with Crippen molar-refractivity contribution in [3.63, 3.8) is 0 Å². The Labute approximate surface area is 211 Å². The number of hydrogen-bond acceptors (Lipinski definition) is 4. The van der Waals surface area contributed by atoms with Gasteiger partial charge in [-0.1, -0.05) is 32.1 Å². The second-order valence-corrected chi connectivity index (χ2v) is 11.9. The second kappa shape index (κ2) is 11.5. The number of nitrogens with one attached hydrogen (secondary N) is 3. The number of anilines is 1. The van der Waals surface area contributed by atoms with Crippen molar-refractivity contribution in [2.45, 2.75) is 75.8 Å². The van der Waals surface area contributed by atoms with Gasteiger partial charge in [0, 0.05) is 16.8 Å². The van der Waals surface area contributed by atoms with Crippen LogP contribution in [0.3, 0.4) is 0 Å².